The lowest BCUT2D eigenvalue weighted by Gasteiger charge is -2.11. The standard InChI is InChI=1S/C11H14BrN3O3/c1-18-8-3-6(12)2-7(4-8)15-11(17)9(13)5-10(14)16/h2-4,9H,5,13H2,1H3,(H2,14,16)(H,15,17). The molecular formula is C11H14BrN3O3. The molecule has 1 unspecified atom stereocenters. The molecule has 0 saturated carbocycles. The van der Waals surface area contributed by atoms with E-state index >= 15 is 0 Å². The Kier molecular flexibility index (Phi) is 5.11. The maximum Gasteiger partial charge on any atom is 0.241 e. The van der Waals surface area contributed by atoms with Gasteiger partial charge in [-0.25, -0.2) is 0 Å². The van der Waals surface area contributed by atoms with Gasteiger partial charge in [0.15, 0.2) is 0 Å². The van der Waals surface area contributed by atoms with Crippen LogP contribution in [0.5, 0.6) is 5.75 Å². The van der Waals surface area contributed by atoms with Crippen molar-refractivity contribution in [2.45, 2.75) is 12.5 Å². The normalized spacial score (nSPS) is 11.7. The quantitative estimate of drug-likeness (QED) is 0.739. The van der Waals surface area contributed by atoms with Crippen molar-refractivity contribution in [1.29, 1.82) is 0 Å². The van der Waals surface area contributed by atoms with Gasteiger partial charge in [-0.15, -0.1) is 0 Å². The first-order valence-corrected chi connectivity index (χ1v) is 5.91. The summed E-state index contributed by atoms with van der Waals surface area (Å²) in [6.07, 6.45) is -0.197. The molecule has 0 heterocycles. The van der Waals surface area contributed by atoms with E-state index in [9.17, 15) is 9.59 Å². The van der Waals surface area contributed by atoms with E-state index in [1.54, 1.807) is 18.2 Å². The highest BCUT2D eigenvalue weighted by molar-refractivity contribution is 9.10. The van der Waals surface area contributed by atoms with Crippen LogP contribution >= 0.6 is 15.9 Å². The fourth-order valence-electron chi connectivity index (χ4n) is 1.30. The smallest absolute Gasteiger partial charge is 0.241 e. The van der Waals surface area contributed by atoms with Gasteiger partial charge in [-0.1, -0.05) is 15.9 Å². The van der Waals surface area contributed by atoms with Gasteiger partial charge < -0.3 is 21.5 Å². The van der Waals surface area contributed by atoms with Gasteiger partial charge in [-0.3, -0.25) is 9.59 Å². The molecular weight excluding hydrogens is 302 g/mol. The predicted molar refractivity (Wildman–Crippen MR) is 71.1 cm³/mol. The van der Waals surface area contributed by atoms with Crippen molar-refractivity contribution in [2.75, 3.05) is 12.4 Å². The molecule has 18 heavy (non-hydrogen) atoms. The van der Waals surface area contributed by atoms with Gasteiger partial charge in [0.1, 0.15) is 5.75 Å². The minimum absolute atomic E-state index is 0.197. The van der Waals surface area contributed by atoms with Gasteiger partial charge in [0.2, 0.25) is 11.8 Å². The van der Waals surface area contributed by atoms with Crippen LogP contribution in [0.15, 0.2) is 22.7 Å². The number of ether oxygens (including phenoxy) is 1. The molecule has 1 aromatic carbocycles. The first kappa shape index (κ1) is 14.5. The number of benzene rings is 1. The Labute approximate surface area is 113 Å². The second kappa shape index (κ2) is 6.36. The Balaban J connectivity index is 2.75. The minimum atomic E-state index is -0.965. The molecule has 7 heteroatoms. The molecule has 1 atom stereocenters. The molecule has 98 valence electrons. The summed E-state index contributed by atoms with van der Waals surface area (Å²) in [5.41, 5.74) is 11.0. The van der Waals surface area contributed by atoms with E-state index in [4.69, 9.17) is 16.2 Å². The van der Waals surface area contributed by atoms with E-state index in [0.717, 1.165) is 4.47 Å². The molecule has 0 aliphatic rings. The van der Waals surface area contributed by atoms with Crippen LogP contribution < -0.4 is 21.5 Å². The number of methoxy groups -OCH3 is 1. The van der Waals surface area contributed by atoms with E-state index < -0.39 is 17.9 Å². The largest absolute Gasteiger partial charge is 0.497 e. The number of nitrogens with two attached hydrogens (primary N) is 2. The fraction of sp³-hybridized carbons (Fsp3) is 0.273. The van der Waals surface area contributed by atoms with E-state index in [-0.39, 0.29) is 6.42 Å². The van der Waals surface area contributed by atoms with E-state index in [1.165, 1.54) is 7.11 Å². The number of hydrogen-bond acceptors (Lipinski definition) is 4. The summed E-state index contributed by atoms with van der Waals surface area (Å²) in [4.78, 5) is 22.3. The molecule has 2 amide bonds. The third-order valence-corrected chi connectivity index (χ3v) is 2.59. The molecule has 1 rings (SSSR count). The Morgan fingerprint density at radius 1 is 1.44 bits per heavy atom. The summed E-state index contributed by atoms with van der Waals surface area (Å²) in [6.45, 7) is 0. The number of amides is 2. The molecule has 1 aromatic rings. The van der Waals surface area contributed by atoms with Gasteiger partial charge in [0, 0.05) is 16.2 Å². The number of hydrogen-bond donors (Lipinski definition) is 3. The molecule has 0 aliphatic carbocycles. The zero-order chi connectivity index (χ0) is 13.7. The van der Waals surface area contributed by atoms with Crippen molar-refractivity contribution in [3.8, 4) is 5.75 Å². The number of anilines is 1. The van der Waals surface area contributed by atoms with Crippen molar-refractivity contribution >= 4 is 33.4 Å². The molecule has 6 nitrogen and oxygen atoms in total. The van der Waals surface area contributed by atoms with Crippen LogP contribution in [-0.4, -0.2) is 25.0 Å². The molecule has 0 spiro atoms. The van der Waals surface area contributed by atoms with E-state index in [2.05, 4.69) is 21.2 Å². The lowest BCUT2D eigenvalue weighted by Crippen LogP contribution is -2.38. The van der Waals surface area contributed by atoms with Gasteiger partial charge in [0.25, 0.3) is 0 Å². The first-order valence-electron chi connectivity index (χ1n) is 5.11. The number of rotatable bonds is 5. The summed E-state index contributed by atoms with van der Waals surface area (Å²) in [7, 11) is 1.52. The molecule has 0 bridgehead atoms. The SMILES string of the molecule is COc1cc(Br)cc(NC(=O)C(N)CC(N)=O)c1. The van der Waals surface area contributed by atoms with Gasteiger partial charge >= 0.3 is 0 Å². The topological polar surface area (TPSA) is 107 Å². The van der Waals surface area contributed by atoms with Crippen LogP contribution in [0.25, 0.3) is 0 Å². The Bertz CT molecular complexity index is 465. The van der Waals surface area contributed by atoms with E-state index in [1.807, 2.05) is 0 Å². The number of carbonyl (C=O) groups excluding carboxylic acids is 2. The second-order valence-corrected chi connectivity index (χ2v) is 4.56. The van der Waals surface area contributed by atoms with E-state index in [0.29, 0.717) is 11.4 Å². The van der Waals surface area contributed by atoms with Crippen LogP contribution in [0.4, 0.5) is 5.69 Å². The monoisotopic (exact) mass is 315 g/mol. The lowest BCUT2D eigenvalue weighted by atomic mass is 10.2. The number of carbonyl (C=O) groups is 2. The first-order chi connectivity index (χ1) is 8.42. The highest BCUT2D eigenvalue weighted by Gasteiger charge is 2.16. The van der Waals surface area contributed by atoms with Crippen LogP contribution in [-0.2, 0) is 9.59 Å². The predicted octanol–water partition coefficient (Wildman–Crippen LogP) is 0.599. The summed E-state index contributed by atoms with van der Waals surface area (Å²) in [5, 5.41) is 2.58. The minimum Gasteiger partial charge on any atom is -0.497 e. The molecule has 0 saturated heterocycles. The van der Waals surface area contributed by atoms with Gasteiger partial charge in [0.05, 0.1) is 19.6 Å². The van der Waals surface area contributed by atoms with Crippen LogP contribution in [0.1, 0.15) is 6.42 Å². The summed E-state index contributed by atoms with van der Waals surface area (Å²) < 4.78 is 5.81. The molecule has 0 radical (unpaired) electrons. The average molecular weight is 316 g/mol. The molecule has 5 N–H and O–H groups in total. The second-order valence-electron chi connectivity index (χ2n) is 3.65. The average Bonchev–Trinajstić information content (AvgIpc) is 2.27. The third-order valence-electron chi connectivity index (χ3n) is 2.13. The van der Waals surface area contributed by atoms with Crippen LogP contribution in [0.3, 0.4) is 0 Å². The summed E-state index contributed by atoms with van der Waals surface area (Å²) in [5.74, 6) is -0.512. The summed E-state index contributed by atoms with van der Waals surface area (Å²) >= 11 is 3.28. The Hall–Kier alpha value is -1.60. The zero-order valence-electron chi connectivity index (χ0n) is 9.77. The summed E-state index contributed by atoms with van der Waals surface area (Å²) in [6, 6.07) is 4.11. The molecule has 0 aliphatic heterocycles. The van der Waals surface area contributed by atoms with Crippen LogP contribution in [0, 0.1) is 0 Å². The number of primary amides is 1. The van der Waals surface area contributed by atoms with Crippen molar-refractivity contribution < 1.29 is 14.3 Å². The Morgan fingerprint density at radius 2 is 2.11 bits per heavy atom. The zero-order valence-corrected chi connectivity index (χ0v) is 11.4. The van der Waals surface area contributed by atoms with Gasteiger partial charge in [-0.2, -0.15) is 0 Å². The maximum absolute atomic E-state index is 11.7. The van der Waals surface area contributed by atoms with Crippen molar-refractivity contribution in [1.82, 2.24) is 0 Å². The fourth-order valence-corrected chi connectivity index (χ4v) is 1.77. The molecule has 0 fully saturated rings. The number of nitrogens with one attached hydrogen (secondary N) is 1. The third kappa shape index (κ3) is 4.34. The highest BCUT2D eigenvalue weighted by Crippen LogP contribution is 2.24. The van der Waals surface area contributed by atoms with Crippen molar-refractivity contribution in [3.05, 3.63) is 22.7 Å². The van der Waals surface area contributed by atoms with Crippen molar-refractivity contribution in [2.24, 2.45) is 11.5 Å². The highest BCUT2D eigenvalue weighted by atomic mass is 79.9. The van der Waals surface area contributed by atoms with Gasteiger partial charge in [-0.05, 0) is 12.1 Å². The molecule has 0 aromatic heterocycles. The maximum atomic E-state index is 11.7. The van der Waals surface area contributed by atoms with Crippen LogP contribution in [0.2, 0.25) is 0 Å². The lowest BCUT2D eigenvalue weighted by molar-refractivity contribution is -0.123. The number of halogens is 1. The van der Waals surface area contributed by atoms with Crippen molar-refractivity contribution in [3.63, 3.8) is 0 Å². The Morgan fingerprint density at radius 3 is 2.67 bits per heavy atom.